The largest absolute Gasteiger partial charge is 0.496 e. The molecule has 0 spiro atoms. The molecule has 0 atom stereocenters. The standard InChI is InChI=1S/C17H20BrN3O3/c1-4-21(5-2)14-10-16(23-3)12(9-13(14)18)11-19-20-17(22)15-7-6-8-24-15/h6-11H,4-5H2,1-3H3,(H,20,22). The molecule has 0 bridgehead atoms. The molecule has 0 radical (unpaired) electrons. The van der Waals surface area contributed by atoms with Gasteiger partial charge in [0.15, 0.2) is 5.76 Å². The minimum Gasteiger partial charge on any atom is -0.496 e. The zero-order valence-electron chi connectivity index (χ0n) is 13.9. The maximum absolute atomic E-state index is 11.8. The second-order valence-corrected chi connectivity index (χ2v) is 5.75. The Morgan fingerprint density at radius 1 is 1.42 bits per heavy atom. The van der Waals surface area contributed by atoms with Gasteiger partial charge >= 0.3 is 5.91 Å². The van der Waals surface area contributed by atoms with Crippen molar-refractivity contribution in [2.75, 3.05) is 25.1 Å². The highest BCUT2D eigenvalue weighted by molar-refractivity contribution is 9.10. The summed E-state index contributed by atoms with van der Waals surface area (Å²) in [6.07, 6.45) is 2.97. The first kappa shape index (κ1) is 18.1. The molecule has 1 aromatic carbocycles. The lowest BCUT2D eigenvalue weighted by Crippen LogP contribution is -2.22. The first-order valence-electron chi connectivity index (χ1n) is 7.60. The summed E-state index contributed by atoms with van der Waals surface area (Å²) in [5.41, 5.74) is 4.22. The molecule has 2 rings (SSSR count). The number of hydrogen-bond acceptors (Lipinski definition) is 5. The van der Waals surface area contributed by atoms with E-state index in [1.54, 1.807) is 19.2 Å². The molecule has 128 valence electrons. The van der Waals surface area contributed by atoms with Crippen LogP contribution in [0, 0.1) is 0 Å². The summed E-state index contributed by atoms with van der Waals surface area (Å²) in [5, 5.41) is 3.96. The number of hydrogen-bond donors (Lipinski definition) is 1. The maximum atomic E-state index is 11.8. The van der Waals surface area contributed by atoms with Crippen LogP contribution in [0.25, 0.3) is 0 Å². The number of nitrogens with one attached hydrogen (secondary N) is 1. The molecule has 1 amide bonds. The van der Waals surface area contributed by atoms with E-state index in [-0.39, 0.29) is 5.76 Å². The second-order valence-electron chi connectivity index (χ2n) is 4.89. The van der Waals surface area contributed by atoms with Crippen molar-refractivity contribution in [1.29, 1.82) is 0 Å². The van der Waals surface area contributed by atoms with E-state index in [1.807, 2.05) is 12.1 Å². The van der Waals surface area contributed by atoms with E-state index >= 15 is 0 Å². The number of halogens is 1. The lowest BCUT2D eigenvalue weighted by molar-refractivity contribution is 0.0927. The van der Waals surface area contributed by atoms with Gasteiger partial charge in [0, 0.05) is 29.2 Å². The number of rotatable bonds is 7. The summed E-state index contributed by atoms with van der Waals surface area (Å²) >= 11 is 3.58. The van der Waals surface area contributed by atoms with Gasteiger partial charge in [-0.15, -0.1) is 0 Å². The Bertz CT molecular complexity index is 710. The first-order chi connectivity index (χ1) is 11.6. The third-order valence-electron chi connectivity index (χ3n) is 3.52. The smallest absolute Gasteiger partial charge is 0.307 e. The van der Waals surface area contributed by atoms with Gasteiger partial charge in [-0.1, -0.05) is 0 Å². The summed E-state index contributed by atoms with van der Waals surface area (Å²) in [6.45, 7) is 5.99. The lowest BCUT2D eigenvalue weighted by atomic mass is 10.2. The van der Waals surface area contributed by atoms with Gasteiger partial charge < -0.3 is 14.1 Å². The van der Waals surface area contributed by atoms with Crippen molar-refractivity contribution in [3.8, 4) is 5.75 Å². The van der Waals surface area contributed by atoms with E-state index in [0.717, 1.165) is 28.8 Å². The monoisotopic (exact) mass is 393 g/mol. The average Bonchev–Trinajstić information content (AvgIpc) is 3.12. The van der Waals surface area contributed by atoms with Crippen LogP contribution in [0.3, 0.4) is 0 Å². The molecule has 0 aliphatic rings. The van der Waals surface area contributed by atoms with Gasteiger partial charge in [-0.25, -0.2) is 5.43 Å². The average molecular weight is 394 g/mol. The van der Waals surface area contributed by atoms with Crippen LogP contribution < -0.4 is 15.1 Å². The molecule has 24 heavy (non-hydrogen) atoms. The molecule has 0 saturated heterocycles. The molecular weight excluding hydrogens is 374 g/mol. The molecule has 0 aliphatic carbocycles. The maximum Gasteiger partial charge on any atom is 0.307 e. The van der Waals surface area contributed by atoms with Crippen molar-refractivity contribution >= 4 is 33.7 Å². The van der Waals surface area contributed by atoms with Crippen LogP contribution in [-0.4, -0.2) is 32.3 Å². The van der Waals surface area contributed by atoms with Crippen LogP contribution in [-0.2, 0) is 0 Å². The number of hydrazone groups is 1. The fraction of sp³-hybridized carbons (Fsp3) is 0.294. The fourth-order valence-corrected chi connectivity index (χ4v) is 2.88. The van der Waals surface area contributed by atoms with Crippen molar-refractivity contribution in [3.63, 3.8) is 0 Å². The number of methoxy groups -OCH3 is 1. The predicted octanol–water partition coefficient (Wildman–Crippen LogP) is 3.66. The Balaban J connectivity index is 2.19. The Morgan fingerprint density at radius 2 is 2.17 bits per heavy atom. The molecule has 1 aromatic heterocycles. The SMILES string of the molecule is CCN(CC)c1cc(OC)c(C=NNC(=O)c2ccco2)cc1Br. The van der Waals surface area contributed by atoms with Crippen molar-refractivity contribution in [1.82, 2.24) is 5.43 Å². The van der Waals surface area contributed by atoms with Gasteiger partial charge in [-0.2, -0.15) is 5.10 Å². The molecular formula is C17H20BrN3O3. The zero-order valence-corrected chi connectivity index (χ0v) is 15.5. The molecule has 0 saturated carbocycles. The number of anilines is 1. The number of carbonyl (C=O) groups is 1. The number of nitrogens with zero attached hydrogens (tertiary/aromatic N) is 2. The van der Waals surface area contributed by atoms with Gasteiger partial charge in [-0.3, -0.25) is 4.79 Å². The van der Waals surface area contributed by atoms with Crippen molar-refractivity contribution < 1.29 is 13.9 Å². The zero-order chi connectivity index (χ0) is 17.5. The Hall–Kier alpha value is -2.28. The van der Waals surface area contributed by atoms with E-state index in [9.17, 15) is 4.79 Å². The summed E-state index contributed by atoms with van der Waals surface area (Å²) in [4.78, 5) is 14.0. The van der Waals surface area contributed by atoms with Crippen molar-refractivity contribution in [2.45, 2.75) is 13.8 Å². The summed E-state index contributed by atoms with van der Waals surface area (Å²) in [6, 6.07) is 7.08. The fourth-order valence-electron chi connectivity index (χ4n) is 2.27. The molecule has 0 aliphatic heterocycles. The van der Waals surface area contributed by atoms with Crippen LogP contribution in [0.5, 0.6) is 5.75 Å². The topological polar surface area (TPSA) is 67.1 Å². The lowest BCUT2D eigenvalue weighted by Gasteiger charge is -2.23. The summed E-state index contributed by atoms with van der Waals surface area (Å²) in [7, 11) is 1.61. The first-order valence-corrected chi connectivity index (χ1v) is 8.39. The summed E-state index contributed by atoms with van der Waals surface area (Å²) < 4.78 is 11.4. The molecule has 7 heteroatoms. The van der Waals surface area contributed by atoms with Crippen LogP contribution in [0.1, 0.15) is 30.0 Å². The predicted molar refractivity (Wildman–Crippen MR) is 98.0 cm³/mol. The van der Waals surface area contributed by atoms with Gasteiger partial charge in [-0.05, 0) is 48.0 Å². The summed E-state index contributed by atoms with van der Waals surface area (Å²) in [5.74, 6) is 0.474. The van der Waals surface area contributed by atoms with E-state index < -0.39 is 5.91 Å². The number of furan rings is 1. The van der Waals surface area contributed by atoms with Gasteiger partial charge in [0.05, 0.1) is 25.3 Å². The highest BCUT2D eigenvalue weighted by Crippen LogP contribution is 2.33. The van der Waals surface area contributed by atoms with Crippen molar-refractivity contribution in [3.05, 3.63) is 46.3 Å². The molecule has 0 unspecified atom stereocenters. The van der Waals surface area contributed by atoms with Gasteiger partial charge in [0.25, 0.3) is 0 Å². The Morgan fingerprint density at radius 3 is 2.75 bits per heavy atom. The van der Waals surface area contributed by atoms with Crippen LogP contribution in [0.15, 0.2) is 44.5 Å². The third kappa shape index (κ3) is 4.17. The van der Waals surface area contributed by atoms with Gasteiger partial charge in [0.1, 0.15) is 5.75 Å². The normalized spacial score (nSPS) is 10.8. The molecule has 6 nitrogen and oxygen atoms in total. The van der Waals surface area contributed by atoms with E-state index in [0.29, 0.717) is 5.75 Å². The number of benzene rings is 1. The molecule has 0 fully saturated rings. The molecule has 1 N–H and O–H groups in total. The molecule has 2 aromatic rings. The number of amides is 1. The number of ether oxygens (including phenoxy) is 1. The number of carbonyl (C=O) groups excluding carboxylic acids is 1. The second kappa shape index (κ2) is 8.54. The third-order valence-corrected chi connectivity index (χ3v) is 4.15. The van der Waals surface area contributed by atoms with E-state index in [1.165, 1.54) is 12.5 Å². The van der Waals surface area contributed by atoms with Crippen LogP contribution >= 0.6 is 15.9 Å². The van der Waals surface area contributed by atoms with Crippen molar-refractivity contribution in [2.24, 2.45) is 5.10 Å². The Labute approximate surface area is 149 Å². The van der Waals surface area contributed by atoms with E-state index in [4.69, 9.17) is 9.15 Å². The van der Waals surface area contributed by atoms with Gasteiger partial charge in [0.2, 0.25) is 0 Å². The highest BCUT2D eigenvalue weighted by Gasteiger charge is 2.12. The minimum atomic E-state index is -0.408. The Kier molecular flexibility index (Phi) is 6.43. The minimum absolute atomic E-state index is 0.206. The quantitative estimate of drug-likeness (QED) is 0.575. The molecule has 1 heterocycles. The van der Waals surface area contributed by atoms with E-state index in [2.05, 4.69) is 45.2 Å². The van der Waals surface area contributed by atoms with Crippen LogP contribution in [0.2, 0.25) is 0 Å². The highest BCUT2D eigenvalue weighted by atomic mass is 79.9. The van der Waals surface area contributed by atoms with Crippen LogP contribution in [0.4, 0.5) is 5.69 Å².